The van der Waals surface area contributed by atoms with Crippen LogP contribution >= 0.6 is 0 Å². The number of halogens is 6. The van der Waals surface area contributed by atoms with Crippen LogP contribution in [0.4, 0.5) is 26.3 Å². The molecule has 0 amide bonds. The Hall–Kier alpha value is -1.66. The lowest BCUT2D eigenvalue weighted by molar-refractivity contribution is -0.381. The molecule has 27 heavy (non-hydrogen) atoms. The second-order valence-electron chi connectivity index (χ2n) is 7.32. The summed E-state index contributed by atoms with van der Waals surface area (Å²) in [5.74, 6) is -3.24. The molecule has 2 aliphatic carbocycles. The van der Waals surface area contributed by atoms with E-state index in [2.05, 4.69) is 9.98 Å². The van der Waals surface area contributed by atoms with E-state index in [-0.39, 0.29) is 51.4 Å². The first-order chi connectivity index (χ1) is 12.6. The van der Waals surface area contributed by atoms with E-state index >= 15 is 0 Å². The summed E-state index contributed by atoms with van der Waals surface area (Å²) in [6.07, 6.45) is -9.49. The number of nitrogens with zero attached hydrogens (tertiary/aromatic N) is 2. The number of carbonyl (C=O) groups excluding carboxylic acids is 2. The summed E-state index contributed by atoms with van der Waals surface area (Å²) in [6.45, 7) is 0. The van der Waals surface area contributed by atoms with E-state index < -0.39 is 41.7 Å². The molecule has 0 aromatic carbocycles. The van der Waals surface area contributed by atoms with E-state index in [1.54, 1.807) is 0 Å². The molecule has 2 fully saturated rings. The molecule has 4 nitrogen and oxygen atoms in total. The third kappa shape index (κ3) is 4.11. The molecule has 0 bridgehead atoms. The molecule has 0 aromatic rings. The maximum Gasteiger partial charge on any atom is 0.403 e. The van der Waals surface area contributed by atoms with Crippen molar-refractivity contribution in [2.45, 2.75) is 75.8 Å². The summed E-state index contributed by atoms with van der Waals surface area (Å²) in [6, 6.07) is -1.15. The SMILES string of the molecule is O=C=NC1CCC(C(C2CCC(N=C=O)CC2)(C(F)(F)F)C(F)(F)F)CC1. The lowest BCUT2D eigenvalue weighted by atomic mass is 9.57. The zero-order valence-electron chi connectivity index (χ0n) is 14.4. The van der Waals surface area contributed by atoms with Crippen LogP contribution in [0.3, 0.4) is 0 Å². The second kappa shape index (κ2) is 8.15. The molecule has 2 saturated carbocycles. The van der Waals surface area contributed by atoms with E-state index in [4.69, 9.17) is 0 Å². The summed E-state index contributed by atoms with van der Waals surface area (Å²) in [5.41, 5.74) is -3.80. The van der Waals surface area contributed by atoms with Crippen molar-refractivity contribution in [3.8, 4) is 0 Å². The lowest BCUT2D eigenvalue weighted by Crippen LogP contribution is -2.60. The highest BCUT2D eigenvalue weighted by Crippen LogP contribution is 2.64. The van der Waals surface area contributed by atoms with E-state index in [0.29, 0.717) is 0 Å². The highest BCUT2D eigenvalue weighted by Gasteiger charge is 2.76. The summed E-state index contributed by atoms with van der Waals surface area (Å²) in [7, 11) is 0. The quantitative estimate of drug-likeness (QED) is 0.385. The molecule has 0 atom stereocenters. The van der Waals surface area contributed by atoms with E-state index in [9.17, 15) is 35.9 Å². The maximum absolute atomic E-state index is 14.0. The molecule has 0 unspecified atom stereocenters. The van der Waals surface area contributed by atoms with Gasteiger partial charge in [-0.1, -0.05) is 0 Å². The van der Waals surface area contributed by atoms with Gasteiger partial charge in [-0.25, -0.2) is 19.6 Å². The normalized spacial score (nSPS) is 30.1. The van der Waals surface area contributed by atoms with Gasteiger partial charge in [-0.15, -0.1) is 0 Å². The Morgan fingerprint density at radius 2 is 0.889 bits per heavy atom. The fraction of sp³-hybridized carbons (Fsp3) is 0.882. The van der Waals surface area contributed by atoms with Gasteiger partial charge in [-0.05, 0) is 63.2 Å². The van der Waals surface area contributed by atoms with Crippen LogP contribution in [0.15, 0.2) is 9.98 Å². The van der Waals surface area contributed by atoms with Gasteiger partial charge in [0.1, 0.15) is 0 Å². The predicted molar refractivity (Wildman–Crippen MR) is 82.3 cm³/mol. The molecule has 2 aliphatic rings. The van der Waals surface area contributed by atoms with Crippen molar-refractivity contribution in [1.82, 2.24) is 0 Å². The number of hydrogen-bond acceptors (Lipinski definition) is 4. The molecule has 0 spiro atoms. The minimum atomic E-state index is -5.46. The van der Waals surface area contributed by atoms with Crippen LogP contribution in [0.25, 0.3) is 0 Å². The highest BCUT2D eigenvalue weighted by atomic mass is 19.4. The van der Waals surface area contributed by atoms with Crippen molar-refractivity contribution >= 4 is 12.2 Å². The van der Waals surface area contributed by atoms with Gasteiger partial charge in [-0.2, -0.15) is 26.3 Å². The molecule has 152 valence electrons. The first kappa shape index (κ1) is 21.6. The fourth-order valence-corrected chi connectivity index (χ4v) is 4.89. The number of rotatable bonds is 4. The van der Waals surface area contributed by atoms with Crippen LogP contribution in [-0.2, 0) is 9.59 Å². The van der Waals surface area contributed by atoms with Crippen molar-refractivity contribution in [2.24, 2.45) is 27.2 Å². The first-order valence-corrected chi connectivity index (χ1v) is 8.85. The van der Waals surface area contributed by atoms with Gasteiger partial charge in [0.2, 0.25) is 12.2 Å². The lowest BCUT2D eigenvalue weighted by Gasteiger charge is -2.51. The molecule has 2 rings (SSSR count). The first-order valence-electron chi connectivity index (χ1n) is 8.85. The molecule has 10 heteroatoms. The molecule has 0 radical (unpaired) electrons. The van der Waals surface area contributed by atoms with Gasteiger partial charge in [0.25, 0.3) is 0 Å². The fourth-order valence-electron chi connectivity index (χ4n) is 4.89. The largest absolute Gasteiger partial charge is 0.403 e. The van der Waals surface area contributed by atoms with Crippen molar-refractivity contribution in [3.63, 3.8) is 0 Å². The number of aliphatic imine (C=N–C) groups is 2. The van der Waals surface area contributed by atoms with Crippen LogP contribution in [0.1, 0.15) is 51.4 Å². The maximum atomic E-state index is 14.0. The predicted octanol–water partition coefficient (Wildman–Crippen LogP) is 4.89. The molecule has 0 aliphatic heterocycles. The Morgan fingerprint density at radius 1 is 0.593 bits per heavy atom. The van der Waals surface area contributed by atoms with Gasteiger partial charge in [0.05, 0.1) is 12.1 Å². The number of isocyanates is 2. The topological polar surface area (TPSA) is 58.9 Å². The molecular formula is C17H20F6N2O2. The Bertz CT molecular complexity index is 550. The molecule has 0 heterocycles. The van der Waals surface area contributed by atoms with Crippen LogP contribution in [-0.4, -0.2) is 36.6 Å². The Kier molecular flexibility index (Phi) is 6.53. The molecule has 0 N–H and O–H groups in total. The van der Waals surface area contributed by atoms with Gasteiger partial charge >= 0.3 is 12.4 Å². The Balaban J connectivity index is 2.38. The minimum absolute atomic E-state index is 0.00139. The van der Waals surface area contributed by atoms with Gasteiger partial charge in [0.15, 0.2) is 5.41 Å². The summed E-state index contributed by atoms with van der Waals surface area (Å²) in [4.78, 5) is 27.5. The standard InChI is InChI=1S/C17H20F6N2O2/c18-16(19,20)15(17(21,22)23,11-1-5-13(6-2-11)24-9-26)12-3-7-14(8-4-12)25-10-27/h11-14H,1-8H2. The zero-order valence-corrected chi connectivity index (χ0v) is 14.4. The number of alkyl halides is 6. The second-order valence-corrected chi connectivity index (χ2v) is 7.32. The Labute approximate surface area is 152 Å². The number of hydrogen-bond donors (Lipinski definition) is 0. The zero-order chi connectivity index (χ0) is 20.3. The van der Waals surface area contributed by atoms with Crippen molar-refractivity contribution in [1.29, 1.82) is 0 Å². The minimum Gasteiger partial charge on any atom is -0.211 e. The average molecular weight is 398 g/mol. The van der Waals surface area contributed by atoms with Crippen LogP contribution in [0.5, 0.6) is 0 Å². The third-order valence-electron chi connectivity index (χ3n) is 6.09. The molecule has 0 aromatic heterocycles. The van der Waals surface area contributed by atoms with Crippen LogP contribution in [0.2, 0.25) is 0 Å². The Morgan fingerprint density at radius 3 is 1.11 bits per heavy atom. The summed E-state index contributed by atoms with van der Waals surface area (Å²) in [5, 5.41) is 0. The van der Waals surface area contributed by atoms with Crippen molar-refractivity contribution in [3.05, 3.63) is 0 Å². The van der Waals surface area contributed by atoms with Gasteiger partial charge in [0, 0.05) is 0 Å². The van der Waals surface area contributed by atoms with E-state index in [1.165, 1.54) is 12.2 Å². The smallest absolute Gasteiger partial charge is 0.211 e. The van der Waals surface area contributed by atoms with Crippen LogP contribution in [0, 0.1) is 17.3 Å². The highest BCUT2D eigenvalue weighted by molar-refractivity contribution is 5.34. The molecular weight excluding hydrogens is 378 g/mol. The van der Waals surface area contributed by atoms with Crippen molar-refractivity contribution in [2.75, 3.05) is 0 Å². The average Bonchev–Trinajstić information content (AvgIpc) is 2.56. The summed E-state index contributed by atoms with van der Waals surface area (Å²) < 4.78 is 84.2. The van der Waals surface area contributed by atoms with Crippen molar-refractivity contribution < 1.29 is 35.9 Å². The van der Waals surface area contributed by atoms with Gasteiger partial charge < -0.3 is 0 Å². The monoisotopic (exact) mass is 398 g/mol. The van der Waals surface area contributed by atoms with E-state index in [0.717, 1.165) is 0 Å². The summed E-state index contributed by atoms with van der Waals surface area (Å²) >= 11 is 0. The third-order valence-corrected chi connectivity index (χ3v) is 6.09. The van der Waals surface area contributed by atoms with Crippen LogP contribution < -0.4 is 0 Å². The van der Waals surface area contributed by atoms with E-state index in [1.807, 2.05) is 0 Å². The van der Waals surface area contributed by atoms with Gasteiger partial charge in [-0.3, -0.25) is 0 Å². The molecule has 0 saturated heterocycles.